The van der Waals surface area contributed by atoms with Crippen molar-refractivity contribution in [3.63, 3.8) is 0 Å². The van der Waals surface area contributed by atoms with Crippen LogP contribution in [0.5, 0.6) is 5.75 Å². The van der Waals surface area contributed by atoms with E-state index in [0.717, 1.165) is 0 Å². The second-order valence-electron chi connectivity index (χ2n) is 3.85. The highest BCUT2D eigenvalue weighted by atomic mass is 32.2. The van der Waals surface area contributed by atoms with Crippen LogP contribution in [-0.4, -0.2) is 35.4 Å². The molecule has 116 valence electrons. The van der Waals surface area contributed by atoms with E-state index in [2.05, 4.69) is 0 Å². The Kier molecular flexibility index (Phi) is 5.89. The number of carbonyl (C=O) groups excluding carboxylic acids is 1. The van der Waals surface area contributed by atoms with Crippen LogP contribution >= 0.6 is 11.8 Å². The van der Waals surface area contributed by atoms with E-state index in [1.165, 1.54) is 31.4 Å². The lowest BCUT2D eigenvalue weighted by atomic mass is 10.1. The number of benzene rings is 1. The molecule has 5 nitrogen and oxygen atoms in total. The third-order valence-electron chi connectivity index (χ3n) is 2.37. The van der Waals surface area contributed by atoms with Crippen LogP contribution < -0.4 is 10.1 Å². The van der Waals surface area contributed by atoms with E-state index in [1.807, 2.05) is 5.32 Å². The molecule has 9 heteroatoms. The number of halogens is 3. The minimum absolute atomic E-state index is 0.230. The Hall–Kier alpha value is -1.90. The molecular formula is C12H12F3NO4S. The Bertz CT molecular complexity index is 504. The van der Waals surface area contributed by atoms with Crippen molar-refractivity contribution in [1.29, 1.82) is 0 Å². The summed E-state index contributed by atoms with van der Waals surface area (Å²) in [5, 5.41) is 11.1. The normalized spacial score (nSPS) is 12.6. The molecule has 0 bridgehead atoms. The quantitative estimate of drug-likeness (QED) is 0.839. The zero-order valence-corrected chi connectivity index (χ0v) is 11.6. The van der Waals surface area contributed by atoms with Gasteiger partial charge in [-0.05, 0) is 29.5 Å². The van der Waals surface area contributed by atoms with Crippen LogP contribution in [0.4, 0.5) is 13.2 Å². The first kappa shape index (κ1) is 17.2. The van der Waals surface area contributed by atoms with Gasteiger partial charge in [-0.2, -0.15) is 13.2 Å². The number of amides is 1. The van der Waals surface area contributed by atoms with E-state index >= 15 is 0 Å². The fourth-order valence-electron chi connectivity index (χ4n) is 1.43. The summed E-state index contributed by atoms with van der Waals surface area (Å²) in [5.41, 5.74) is -4.32. The summed E-state index contributed by atoms with van der Waals surface area (Å²) in [5.74, 6) is -2.79. The van der Waals surface area contributed by atoms with Crippen LogP contribution in [0.25, 0.3) is 0 Å². The van der Waals surface area contributed by atoms with E-state index in [9.17, 15) is 22.8 Å². The fourth-order valence-corrected chi connectivity index (χ4v) is 1.81. The number of hydrogen-bond acceptors (Lipinski definition) is 4. The molecule has 0 radical (unpaired) electrons. The topological polar surface area (TPSA) is 75.6 Å². The predicted molar refractivity (Wildman–Crippen MR) is 70.0 cm³/mol. The molecule has 1 aromatic rings. The summed E-state index contributed by atoms with van der Waals surface area (Å²) in [6, 6.07) is 4.38. The lowest BCUT2D eigenvalue weighted by molar-refractivity contribution is -0.141. The molecule has 0 heterocycles. The van der Waals surface area contributed by atoms with Crippen LogP contribution in [0.15, 0.2) is 24.3 Å². The third kappa shape index (κ3) is 5.94. The number of carboxylic acid groups (broad SMARTS) is 1. The summed E-state index contributed by atoms with van der Waals surface area (Å²) in [4.78, 5) is 22.5. The molecule has 21 heavy (non-hydrogen) atoms. The lowest BCUT2D eigenvalue weighted by Crippen LogP contribution is -2.35. The number of ether oxygens (including phenoxy) is 1. The van der Waals surface area contributed by atoms with Gasteiger partial charge in [0.05, 0.1) is 12.9 Å². The van der Waals surface area contributed by atoms with Gasteiger partial charge in [-0.3, -0.25) is 4.79 Å². The van der Waals surface area contributed by atoms with E-state index < -0.39 is 40.9 Å². The maximum Gasteiger partial charge on any atom is 0.442 e. The van der Waals surface area contributed by atoms with Gasteiger partial charge in [-0.1, -0.05) is 12.1 Å². The van der Waals surface area contributed by atoms with Crippen LogP contribution in [0.3, 0.4) is 0 Å². The lowest BCUT2D eigenvalue weighted by Gasteiger charge is -2.15. The van der Waals surface area contributed by atoms with Gasteiger partial charge in [0.15, 0.2) is 6.04 Å². The largest absolute Gasteiger partial charge is 0.497 e. The molecule has 0 spiro atoms. The Morgan fingerprint density at radius 2 is 1.90 bits per heavy atom. The van der Waals surface area contributed by atoms with Crippen molar-refractivity contribution in [2.75, 3.05) is 12.9 Å². The summed E-state index contributed by atoms with van der Waals surface area (Å²) in [6.07, 6.45) is 0. The molecule has 0 fully saturated rings. The van der Waals surface area contributed by atoms with Crippen LogP contribution in [0, 0.1) is 0 Å². The number of alkyl halides is 3. The van der Waals surface area contributed by atoms with Gasteiger partial charge in [0, 0.05) is 0 Å². The van der Waals surface area contributed by atoms with E-state index in [0.29, 0.717) is 5.75 Å². The average molecular weight is 323 g/mol. The molecule has 1 aromatic carbocycles. The maximum absolute atomic E-state index is 12.0. The average Bonchev–Trinajstić information content (AvgIpc) is 2.41. The van der Waals surface area contributed by atoms with Crippen molar-refractivity contribution in [1.82, 2.24) is 5.32 Å². The zero-order valence-electron chi connectivity index (χ0n) is 10.8. The number of carboxylic acids is 1. The first-order valence-electron chi connectivity index (χ1n) is 5.59. The van der Waals surface area contributed by atoms with Crippen molar-refractivity contribution in [2.45, 2.75) is 11.6 Å². The molecule has 0 aliphatic heterocycles. The molecular weight excluding hydrogens is 311 g/mol. The third-order valence-corrected chi connectivity index (χ3v) is 3.10. The van der Waals surface area contributed by atoms with Crippen LogP contribution in [0.2, 0.25) is 0 Å². The summed E-state index contributed by atoms with van der Waals surface area (Å²) in [7, 11) is 1.43. The summed E-state index contributed by atoms with van der Waals surface area (Å²) < 4.78 is 40.8. The zero-order chi connectivity index (χ0) is 16.0. The van der Waals surface area contributed by atoms with Gasteiger partial charge in [-0.15, -0.1) is 0 Å². The predicted octanol–water partition coefficient (Wildman–Crippen LogP) is 2.19. The number of nitrogens with one attached hydrogen (secondary N) is 1. The molecule has 0 aliphatic carbocycles. The number of methoxy groups -OCH3 is 1. The van der Waals surface area contributed by atoms with Gasteiger partial charge in [-0.25, -0.2) is 4.79 Å². The number of rotatable bonds is 6. The van der Waals surface area contributed by atoms with Crippen molar-refractivity contribution in [2.24, 2.45) is 0 Å². The Morgan fingerprint density at radius 3 is 2.33 bits per heavy atom. The number of aliphatic carboxylic acids is 1. The number of hydrogen-bond donors (Lipinski definition) is 2. The smallest absolute Gasteiger partial charge is 0.442 e. The monoisotopic (exact) mass is 323 g/mol. The highest BCUT2D eigenvalue weighted by molar-refractivity contribution is 8.00. The van der Waals surface area contributed by atoms with E-state index in [4.69, 9.17) is 9.84 Å². The standard InChI is InChI=1S/C12H12F3NO4S/c1-20-8-4-2-7(3-5-8)10(11(18)19)16-9(17)6-21-12(13,14)15/h2-5,10H,6H2,1H3,(H,16,17)(H,18,19). The van der Waals surface area contributed by atoms with Crippen LogP contribution in [-0.2, 0) is 9.59 Å². The highest BCUT2D eigenvalue weighted by Gasteiger charge is 2.30. The van der Waals surface area contributed by atoms with Gasteiger partial charge in [0.1, 0.15) is 5.75 Å². The number of carbonyl (C=O) groups is 2. The van der Waals surface area contributed by atoms with E-state index in [-0.39, 0.29) is 5.56 Å². The maximum atomic E-state index is 12.0. The van der Waals surface area contributed by atoms with Crippen LogP contribution in [0.1, 0.15) is 11.6 Å². The molecule has 1 atom stereocenters. The van der Waals surface area contributed by atoms with Crippen molar-refractivity contribution >= 4 is 23.6 Å². The molecule has 1 rings (SSSR count). The SMILES string of the molecule is COc1ccc(C(NC(=O)CSC(F)(F)F)C(=O)O)cc1. The summed E-state index contributed by atoms with van der Waals surface area (Å²) >= 11 is -0.528. The summed E-state index contributed by atoms with van der Waals surface area (Å²) in [6.45, 7) is 0. The number of thioether (sulfide) groups is 1. The first-order chi connectivity index (χ1) is 9.73. The van der Waals surface area contributed by atoms with Gasteiger partial charge in [0.25, 0.3) is 0 Å². The molecule has 0 aromatic heterocycles. The molecule has 0 saturated carbocycles. The minimum atomic E-state index is -4.55. The minimum Gasteiger partial charge on any atom is -0.497 e. The molecule has 0 aliphatic rings. The van der Waals surface area contributed by atoms with Crippen molar-refractivity contribution in [3.8, 4) is 5.75 Å². The first-order valence-corrected chi connectivity index (χ1v) is 6.58. The van der Waals surface area contributed by atoms with Crippen molar-refractivity contribution < 1.29 is 32.6 Å². The molecule has 0 saturated heterocycles. The van der Waals surface area contributed by atoms with E-state index in [1.54, 1.807) is 0 Å². The Balaban J connectivity index is 2.73. The van der Waals surface area contributed by atoms with Gasteiger partial charge in [0.2, 0.25) is 5.91 Å². The molecule has 1 amide bonds. The fraction of sp³-hybridized carbons (Fsp3) is 0.333. The second-order valence-corrected chi connectivity index (χ2v) is 4.89. The second kappa shape index (κ2) is 7.21. The Labute approximate surface area is 122 Å². The Morgan fingerprint density at radius 1 is 1.33 bits per heavy atom. The molecule has 2 N–H and O–H groups in total. The molecule has 1 unspecified atom stereocenters. The van der Waals surface area contributed by atoms with Gasteiger partial charge >= 0.3 is 11.5 Å². The van der Waals surface area contributed by atoms with Crippen molar-refractivity contribution in [3.05, 3.63) is 29.8 Å². The van der Waals surface area contributed by atoms with Gasteiger partial charge < -0.3 is 15.2 Å². The highest BCUT2D eigenvalue weighted by Crippen LogP contribution is 2.29.